The van der Waals surface area contributed by atoms with Gasteiger partial charge in [0.05, 0.1) is 11.0 Å². The van der Waals surface area contributed by atoms with Gasteiger partial charge in [-0.25, -0.2) is 4.98 Å². The van der Waals surface area contributed by atoms with Crippen molar-refractivity contribution >= 4 is 16.7 Å². The average molecular weight is 255 g/mol. The molecule has 1 heterocycles. The molecule has 1 aromatic heterocycles. The average Bonchev–Trinajstić information content (AvgIpc) is 3.02. The molecule has 0 amide bonds. The highest BCUT2D eigenvalue weighted by Crippen LogP contribution is 2.46. The monoisotopic (exact) mass is 255 g/mol. The van der Waals surface area contributed by atoms with Crippen LogP contribution in [0, 0.1) is 0 Å². The molecule has 2 aromatic rings. The molecule has 0 bridgehead atoms. The Morgan fingerprint density at radius 1 is 1.26 bits per heavy atom. The van der Waals surface area contributed by atoms with E-state index in [2.05, 4.69) is 17.6 Å². The van der Waals surface area contributed by atoms with Crippen molar-refractivity contribution in [2.24, 2.45) is 0 Å². The first-order chi connectivity index (χ1) is 9.17. The van der Waals surface area contributed by atoms with Gasteiger partial charge >= 0.3 is 0 Å². The van der Waals surface area contributed by atoms with Gasteiger partial charge in [-0.2, -0.15) is 0 Å². The summed E-state index contributed by atoms with van der Waals surface area (Å²) in [5.74, 6) is 2.00. The van der Waals surface area contributed by atoms with Crippen molar-refractivity contribution in [3.05, 3.63) is 24.0 Å². The van der Waals surface area contributed by atoms with Crippen molar-refractivity contribution in [1.82, 2.24) is 9.55 Å². The molecule has 2 aliphatic carbocycles. The van der Waals surface area contributed by atoms with Crippen LogP contribution in [0.15, 0.2) is 18.2 Å². The first-order valence-corrected chi connectivity index (χ1v) is 7.46. The molecule has 0 saturated heterocycles. The van der Waals surface area contributed by atoms with E-state index in [9.17, 15) is 0 Å². The van der Waals surface area contributed by atoms with Crippen molar-refractivity contribution in [2.45, 2.75) is 56.9 Å². The SMILES string of the molecule is CC1(n2c(C3CC3)nc3cc(N)ccc32)CCCC1. The molecule has 0 spiro atoms. The van der Waals surface area contributed by atoms with Gasteiger partial charge in [0, 0.05) is 17.1 Å². The molecule has 19 heavy (non-hydrogen) atoms. The van der Waals surface area contributed by atoms with Crippen molar-refractivity contribution in [2.75, 3.05) is 5.73 Å². The lowest BCUT2D eigenvalue weighted by atomic mass is 9.99. The Morgan fingerprint density at radius 3 is 2.68 bits per heavy atom. The van der Waals surface area contributed by atoms with E-state index < -0.39 is 0 Å². The number of hydrogen-bond donors (Lipinski definition) is 1. The van der Waals surface area contributed by atoms with Crippen LogP contribution in [0.4, 0.5) is 5.69 Å². The number of aromatic nitrogens is 2. The summed E-state index contributed by atoms with van der Waals surface area (Å²) in [7, 11) is 0. The molecule has 3 heteroatoms. The molecular formula is C16H21N3. The number of hydrogen-bond acceptors (Lipinski definition) is 2. The number of anilines is 1. The largest absolute Gasteiger partial charge is 0.399 e. The Hall–Kier alpha value is -1.51. The minimum Gasteiger partial charge on any atom is -0.399 e. The van der Waals surface area contributed by atoms with E-state index in [1.807, 2.05) is 12.1 Å². The van der Waals surface area contributed by atoms with Gasteiger partial charge in [-0.1, -0.05) is 12.8 Å². The summed E-state index contributed by atoms with van der Waals surface area (Å²) < 4.78 is 2.55. The van der Waals surface area contributed by atoms with Gasteiger partial charge in [-0.15, -0.1) is 0 Å². The van der Waals surface area contributed by atoms with E-state index in [0.29, 0.717) is 5.92 Å². The highest BCUT2D eigenvalue weighted by atomic mass is 15.2. The van der Waals surface area contributed by atoms with Crippen LogP contribution in [0.5, 0.6) is 0 Å². The third kappa shape index (κ3) is 1.67. The predicted molar refractivity (Wildman–Crippen MR) is 78.2 cm³/mol. The maximum absolute atomic E-state index is 5.91. The lowest BCUT2D eigenvalue weighted by Crippen LogP contribution is -2.28. The van der Waals surface area contributed by atoms with Crippen LogP contribution >= 0.6 is 0 Å². The third-order valence-corrected chi connectivity index (χ3v) is 4.87. The van der Waals surface area contributed by atoms with E-state index >= 15 is 0 Å². The van der Waals surface area contributed by atoms with Crippen LogP contribution < -0.4 is 5.73 Å². The molecule has 2 saturated carbocycles. The summed E-state index contributed by atoms with van der Waals surface area (Å²) in [5.41, 5.74) is 9.35. The Balaban J connectivity index is 1.97. The van der Waals surface area contributed by atoms with Crippen molar-refractivity contribution in [1.29, 1.82) is 0 Å². The predicted octanol–water partition coefficient (Wildman–Crippen LogP) is 3.79. The lowest BCUT2D eigenvalue weighted by molar-refractivity contribution is 0.328. The van der Waals surface area contributed by atoms with Gasteiger partial charge in [-0.05, 0) is 50.8 Å². The van der Waals surface area contributed by atoms with Gasteiger partial charge in [0.15, 0.2) is 0 Å². The van der Waals surface area contributed by atoms with Crippen LogP contribution in [-0.4, -0.2) is 9.55 Å². The Bertz CT molecular complexity index is 631. The highest BCUT2D eigenvalue weighted by molar-refractivity contribution is 5.80. The molecule has 100 valence electrons. The first kappa shape index (κ1) is 11.3. The van der Waals surface area contributed by atoms with E-state index in [1.54, 1.807) is 0 Å². The second-order valence-electron chi connectivity index (χ2n) is 6.53. The molecular weight excluding hydrogens is 234 g/mol. The summed E-state index contributed by atoms with van der Waals surface area (Å²) >= 11 is 0. The standard InChI is InChI=1S/C16H21N3/c1-16(8-2-3-9-16)19-14-7-6-12(17)10-13(14)18-15(19)11-4-5-11/h6-7,10-11H,2-5,8-9,17H2,1H3. The second kappa shape index (κ2) is 3.75. The Labute approximate surface area is 113 Å². The number of rotatable bonds is 2. The summed E-state index contributed by atoms with van der Waals surface area (Å²) in [4.78, 5) is 4.91. The second-order valence-corrected chi connectivity index (χ2v) is 6.53. The minimum atomic E-state index is 0.267. The zero-order chi connectivity index (χ0) is 13.0. The molecule has 2 aliphatic rings. The number of nitrogens with two attached hydrogens (primary N) is 1. The van der Waals surface area contributed by atoms with Crippen molar-refractivity contribution in [3.8, 4) is 0 Å². The van der Waals surface area contributed by atoms with Crippen LogP contribution in [0.2, 0.25) is 0 Å². The molecule has 0 aliphatic heterocycles. The van der Waals surface area contributed by atoms with Gasteiger partial charge in [-0.3, -0.25) is 0 Å². The summed E-state index contributed by atoms with van der Waals surface area (Å²) in [6.45, 7) is 2.41. The fourth-order valence-corrected chi connectivity index (χ4v) is 3.66. The van der Waals surface area contributed by atoms with Crippen LogP contribution in [-0.2, 0) is 5.54 Å². The van der Waals surface area contributed by atoms with Gasteiger partial charge in [0.25, 0.3) is 0 Å². The van der Waals surface area contributed by atoms with Gasteiger partial charge < -0.3 is 10.3 Å². The molecule has 2 N–H and O–H groups in total. The lowest BCUT2D eigenvalue weighted by Gasteiger charge is -2.29. The molecule has 4 rings (SSSR count). The summed E-state index contributed by atoms with van der Waals surface area (Å²) in [6.07, 6.45) is 7.85. The first-order valence-electron chi connectivity index (χ1n) is 7.46. The molecule has 0 atom stereocenters. The number of nitrogen functional groups attached to an aromatic ring is 1. The maximum atomic E-state index is 5.91. The minimum absolute atomic E-state index is 0.267. The number of fused-ring (bicyclic) bond motifs is 1. The molecule has 0 unspecified atom stereocenters. The van der Waals surface area contributed by atoms with E-state index in [0.717, 1.165) is 11.2 Å². The molecule has 2 fully saturated rings. The zero-order valence-electron chi connectivity index (χ0n) is 11.5. The van der Waals surface area contributed by atoms with Crippen LogP contribution in [0.1, 0.15) is 57.2 Å². The maximum Gasteiger partial charge on any atom is 0.113 e. The van der Waals surface area contributed by atoms with E-state index in [1.165, 1.54) is 49.9 Å². The summed E-state index contributed by atoms with van der Waals surface area (Å²) in [6, 6.07) is 6.19. The van der Waals surface area contributed by atoms with Gasteiger partial charge in [0.1, 0.15) is 5.82 Å². The number of imidazole rings is 1. The Morgan fingerprint density at radius 2 is 2.00 bits per heavy atom. The Kier molecular flexibility index (Phi) is 2.23. The summed E-state index contributed by atoms with van der Waals surface area (Å²) in [5, 5.41) is 0. The fourth-order valence-electron chi connectivity index (χ4n) is 3.66. The fraction of sp³-hybridized carbons (Fsp3) is 0.562. The van der Waals surface area contributed by atoms with Crippen molar-refractivity contribution < 1.29 is 0 Å². The molecule has 3 nitrogen and oxygen atoms in total. The van der Waals surface area contributed by atoms with E-state index in [4.69, 9.17) is 10.7 Å². The van der Waals surface area contributed by atoms with Crippen LogP contribution in [0.25, 0.3) is 11.0 Å². The number of benzene rings is 1. The van der Waals surface area contributed by atoms with Gasteiger partial charge in [0.2, 0.25) is 0 Å². The highest BCUT2D eigenvalue weighted by Gasteiger charge is 2.38. The van der Waals surface area contributed by atoms with Crippen molar-refractivity contribution in [3.63, 3.8) is 0 Å². The zero-order valence-corrected chi connectivity index (χ0v) is 11.5. The number of nitrogens with zero attached hydrogens (tertiary/aromatic N) is 2. The smallest absolute Gasteiger partial charge is 0.113 e. The molecule has 1 aromatic carbocycles. The topological polar surface area (TPSA) is 43.8 Å². The molecule has 0 radical (unpaired) electrons. The van der Waals surface area contributed by atoms with E-state index in [-0.39, 0.29) is 5.54 Å². The third-order valence-electron chi connectivity index (χ3n) is 4.87. The van der Waals surface area contributed by atoms with Crippen LogP contribution in [0.3, 0.4) is 0 Å². The normalized spacial score (nSPS) is 22.2. The quantitative estimate of drug-likeness (QED) is 0.830.